The van der Waals surface area contributed by atoms with E-state index in [9.17, 15) is 19.2 Å². The van der Waals surface area contributed by atoms with Gasteiger partial charge in [-0.3, -0.25) is 19.3 Å². The molecular weight excluding hydrogens is 336 g/mol. The van der Waals surface area contributed by atoms with Crippen molar-refractivity contribution in [3.63, 3.8) is 0 Å². The molecular formula is C19H22N2O5. The number of aryl methyl sites for hydroxylation is 2. The van der Waals surface area contributed by atoms with Crippen LogP contribution in [-0.2, 0) is 27.2 Å². The van der Waals surface area contributed by atoms with Gasteiger partial charge in [0.05, 0.1) is 6.42 Å². The summed E-state index contributed by atoms with van der Waals surface area (Å²) in [6, 6.07) is 5.06. The van der Waals surface area contributed by atoms with Crippen molar-refractivity contribution in [3.05, 3.63) is 34.9 Å². The number of nitrogens with one attached hydrogen (secondary N) is 1. The predicted molar refractivity (Wildman–Crippen MR) is 92.7 cm³/mol. The van der Waals surface area contributed by atoms with Gasteiger partial charge in [-0.05, 0) is 50.3 Å². The molecule has 1 aromatic rings. The number of carbonyl (C=O) groups is 4. The highest BCUT2D eigenvalue weighted by atomic mass is 16.5. The molecule has 1 fully saturated rings. The standard InChI is InChI=1S/C19H22N2O5/c1-19(2)17(24)21(18(25)20-19)9-8-16(23)26-11-15(22)14-7-6-12-4-3-5-13(12)10-14/h6-7,10H,3-5,8-9,11H2,1-2H3,(H,20,25). The van der Waals surface area contributed by atoms with Crippen LogP contribution in [0.1, 0.15) is 48.2 Å². The fourth-order valence-corrected chi connectivity index (χ4v) is 3.27. The second-order valence-corrected chi connectivity index (χ2v) is 7.18. The summed E-state index contributed by atoms with van der Waals surface area (Å²) in [5, 5.41) is 2.54. The zero-order valence-corrected chi connectivity index (χ0v) is 15.0. The number of benzene rings is 1. The average molecular weight is 358 g/mol. The van der Waals surface area contributed by atoms with Gasteiger partial charge in [0.2, 0.25) is 0 Å². The fraction of sp³-hybridized carbons (Fsp3) is 0.474. The van der Waals surface area contributed by atoms with Gasteiger partial charge in [-0.1, -0.05) is 12.1 Å². The molecule has 2 aliphatic rings. The number of fused-ring (bicyclic) bond motifs is 1. The number of hydrogen-bond acceptors (Lipinski definition) is 5. The van der Waals surface area contributed by atoms with E-state index in [-0.39, 0.29) is 31.3 Å². The highest BCUT2D eigenvalue weighted by molar-refractivity contribution is 6.06. The van der Waals surface area contributed by atoms with Crippen molar-refractivity contribution in [1.29, 1.82) is 0 Å². The smallest absolute Gasteiger partial charge is 0.325 e. The lowest BCUT2D eigenvalue weighted by atomic mass is 10.0. The lowest BCUT2D eigenvalue weighted by molar-refractivity contribution is -0.143. The maximum atomic E-state index is 12.2. The Balaban J connectivity index is 1.48. The van der Waals surface area contributed by atoms with Gasteiger partial charge in [-0.15, -0.1) is 0 Å². The van der Waals surface area contributed by atoms with Gasteiger partial charge in [-0.2, -0.15) is 0 Å². The first-order valence-corrected chi connectivity index (χ1v) is 8.72. The van der Waals surface area contributed by atoms with Gasteiger partial charge in [-0.25, -0.2) is 4.79 Å². The van der Waals surface area contributed by atoms with Crippen LogP contribution in [0.25, 0.3) is 0 Å². The molecule has 0 saturated carbocycles. The third-order valence-electron chi connectivity index (χ3n) is 4.77. The number of amides is 3. The third-order valence-corrected chi connectivity index (χ3v) is 4.77. The number of esters is 1. The molecule has 1 aromatic carbocycles. The summed E-state index contributed by atoms with van der Waals surface area (Å²) in [4.78, 5) is 48.8. The van der Waals surface area contributed by atoms with Crippen molar-refractivity contribution in [1.82, 2.24) is 10.2 Å². The lowest BCUT2D eigenvalue weighted by Gasteiger charge is -2.15. The maximum Gasteiger partial charge on any atom is 0.325 e. The van der Waals surface area contributed by atoms with Crippen LogP contribution in [-0.4, -0.2) is 47.3 Å². The van der Waals surface area contributed by atoms with E-state index in [1.165, 1.54) is 11.1 Å². The largest absolute Gasteiger partial charge is 0.457 e. The van der Waals surface area contributed by atoms with Gasteiger partial charge in [0, 0.05) is 12.1 Å². The van der Waals surface area contributed by atoms with Crippen molar-refractivity contribution >= 4 is 23.7 Å². The Labute approximate surface area is 151 Å². The van der Waals surface area contributed by atoms with Crippen molar-refractivity contribution in [3.8, 4) is 0 Å². The lowest BCUT2D eigenvalue weighted by Crippen LogP contribution is -2.40. The molecule has 3 rings (SSSR count). The Bertz CT molecular complexity index is 784. The minimum Gasteiger partial charge on any atom is -0.457 e. The summed E-state index contributed by atoms with van der Waals surface area (Å²) in [6.45, 7) is 2.78. The summed E-state index contributed by atoms with van der Waals surface area (Å²) >= 11 is 0. The minimum absolute atomic E-state index is 0.0695. The van der Waals surface area contributed by atoms with Crippen LogP contribution >= 0.6 is 0 Å². The molecule has 0 spiro atoms. The monoisotopic (exact) mass is 358 g/mol. The minimum atomic E-state index is -0.968. The number of ether oxygens (including phenoxy) is 1. The Kier molecular flexibility index (Phi) is 4.80. The topological polar surface area (TPSA) is 92.8 Å². The molecule has 1 aliphatic carbocycles. The van der Waals surface area contributed by atoms with Gasteiger partial charge >= 0.3 is 12.0 Å². The van der Waals surface area contributed by atoms with Gasteiger partial charge < -0.3 is 10.1 Å². The molecule has 1 N–H and O–H groups in total. The van der Waals surface area contributed by atoms with Crippen molar-refractivity contribution < 1.29 is 23.9 Å². The zero-order chi connectivity index (χ0) is 18.9. The molecule has 7 nitrogen and oxygen atoms in total. The molecule has 138 valence electrons. The number of ketones is 1. The number of Topliss-reactive ketones (excluding diaryl/α,β-unsaturated/α-hetero) is 1. The SMILES string of the molecule is CC1(C)NC(=O)N(CCC(=O)OCC(=O)c2ccc3c(c2)CCC3)C1=O. The summed E-state index contributed by atoms with van der Waals surface area (Å²) in [7, 11) is 0. The molecule has 0 radical (unpaired) electrons. The van der Waals surface area contributed by atoms with Gasteiger partial charge in [0.1, 0.15) is 5.54 Å². The van der Waals surface area contributed by atoms with Crippen LogP contribution in [0.3, 0.4) is 0 Å². The summed E-state index contributed by atoms with van der Waals surface area (Å²) in [5.74, 6) is -1.27. The Morgan fingerprint density at radius 1 is 1.19 bits per heavy atom. The second-order valence-electron chi connectivity index (χ2n) is 7.18. The number of imide groups is 1. The first-order valence-electron chi connectivity index (χ1n) is 8.72. The molecule has 1 saturated heterocycles. The molecule has 0 atom stereocenters. The molecule has 0 bridgehead atoms. The van der Waals surface area contributed by atoms with Crippen LogP contribution in [0, 0.1) is 0 Å². The van der Waals surface area contributed by atoms with Crippen LogP contribution in [0.2, 0.25) is 0 Å². The molecule has 1 heterocycles. The number of carbonyl (C=O) groups excluding carboxylic acids is 4. The van der Waals surface area contributed by atoms with E-state index in [2.05, 4.69) is 5.32 Å². The molecule has 1 aliphatic heterocycles. The van der Waals surface area contributed by atoms with E-state index in [0.29, 0.717) is 5.56 Å². The summed E-state index contributed by atoms with van der Waals surface area (Å²) < 4.78 is 5.00. The predicted octanol–water partition coefficient (Wildman–Crippen LogP) is 1.62. The van der Waals surface area contributed by atoms with Crippen molar-refractivity contribution in [2.45, 2.75) is 45.1 Å². The highest BCUT2D eigenvalue weighted by Gasteiger charge is 2.44. The highest BCUT2D eigenvalue weighted by Crippen LogP contribution is 2.23. The van der Waals surface area contributed by atoms with Crippen LogP contribution in [0.4, 0.5) is 4.79 Å². The Morgan fingerprint density at radius 2 is 1.92 bits per heavy atom. The number of hydrogen-bond donors (Lipinski definition) is 1. The fourth-order valence-electron chi connectivity index (χ4n) is 3.27. The summed E-state index contributed by atoms with van der Waals surface area (Å²) in [5.41, 5.74) is 2.03. The van der Waals surface area contributed by atoms with Crippen LogP contribution in [0.15, 0.2) is 18.2 Å². The Morgan fingerprint density at radius 3 is 2.62 bits per heavy atom. The number of rotatable bonds is 6. The quantitative estimate of drug-likeness (QED) is 0.474. The molecule has 0 unspecified atom stereocenters. The molecule has 26 heavy (non-hydrogen) atoms. The summed E-state index contributed by atoms with van der Waals surface area (Å²) in [6.07, 6.45) is 2.96. The van der Waals surface area contributed by atoms with E-state index < -0.39 is 17.5 Å². The van der Waals surface area contributed by atoms with Crippen LogP contribution in [0.5, 0.6) is 0 Å². The maximum absolute atomic E-state index is 12.2. The number of urea groups is 1. The van der Waals surface area contributed by atoms with E-state index in [4.69, 9.17) is 4.74 Å². The molecule has 0 aromatic heterocycles. The van der Waals surface area contributed by atoms with Gasteiger partial charge in [0.25, 0.3) is 5.91 Å². The zero-order valence-electron chi connectivity index (χ0n) is 15.0. The van der Waals surface area contributed by atoms with Crippen molar-refractivity contribution in [2.24, 2.45) is 0 Å². The van der Waals surface area contributed by atoms with E-state index in [1.807, 2.05) is 12.1 Å². The number of nitrogens with zero attached hydrogens (tertiary/aromatic N) is 1. The van der Waals surface area contributed by atoms with Gasteiger partial charge in [0.15, 0.2) is 12.4 Å². The second kappa shape index (κ2) is 6.90. The molecule has 7 heteroatoms. The van der Waals surface area contributed by atoms with Crippen LogP contribution < -0.4 is 5.32 Å². The van der Waals surface area contributed by atoms with E-state index in [0.717, 1.165) is 24.2 Å². The third kappa shape index (κ3) is 3.61. The Hall–Kier alpha value is -2.70. The van der Waals surface area contributed by atoms with E-state index in [1.54, 1.807) is 19.9 Å². The van der Waals surface area contributed by atoms with Crippen molar-refractivity contribution in [2.75, 3.05) is 13.2 Å². The first-order chi connectivity index (χ1) is 12.3. The van der Waals surface area contributed by atoms with E-state index >= 15 is 0 Å². The first kappa shape index (κ1) is 18.1. The molecule has 3 amide bonds. The normalized spacial score (nSPS) is 17.8. The average Bonchev–Trinajstić information content (AvgIpc) is 3.13.